The van der Waals surface area contributed by atoms with Gasteiger partial charge in [0.2, 0.25) is 0 Å². The quantitative estimate of drug-likeness (QED) is 0.740. The molecule has 0 unspecified atom stereocenters. The highest BCUT2D eigenvalue weighted by Gasteiger charge is 2.16. The third-order valence-corrected chi connectivity index (χ3v) is 5.48. The van der Waals surface area contributed by atoms with Gasteiger partial charge in [0.15, 0.2) is 0 Å². The lowest BCUT2D eigenvalue weighted by Gasteiger charge is -2.32. The van der Waals surface area contributed by atoms with Crippen molar-refractivity contribution >= 4 is 23.0 Å². The number of nitrogens with one attached hydrogen (secondary N) is 1. The van der Waals surface area contributed by atoms with E-state index in [4.69, 9.17) is 0 Å². The van der Waals surface area contributed by atoms with Crippen molar-refractivity contribution in [3.8, 4) is 0 Å². The standard InChI is InChI=1S/C23H32N4O/c1-4-5-14-26(3)23(28)22-17-20(10-13-24-22)25-19-6-8-21(9-7-19)27-15-11-18(2)12-16-27/h6-10,13,17-18H,4-5,11-12,14-16H2,1-3H3,(H,24,25). The lowest BCUT2D eigenvalue weighted by atomic mass is 9.99. The summed E-state index contributed by atoms with van der Waals surface area (Å²) in [6.07, 6.45) is 6.29. The molecule has 5 nitrogen and oxygen atoms in total. The highest BCUT2D eigenvalue weighted by atomic mass is 16.2. The van der Waals surface area contributed by atoms with Crippen LogP contribution in [-0.4, -0.2) is 42.5 Å². The number of hydrogen-bond acceptors (Lipinski definition) is 4. The summed E-state index contributed by atoms with van der Waals surface area (Å²) < 4.78 is 0. The van der Waals surface area contributed by atoms with Gasteiger partial charge in [-0.05, 0) is 61.6 Å². The molecule has 5 heteroatoms. The predicted octanol–water partition coefficient (Wildman–Crippen LogP) is 4.93. The minimum absolute atomic E-state index is 0.0354. The monoisotopic (exact) mass is 380 g/mol. The molecule has 2 heterocycles. The first-order valence-corrected chi connectivity index (χ1v) is 10.4. The van der Waals surface area contributed by atoms with Crippen molar-refractivity contribution in [2.75, 3.05) is 36.9 Å². The second-order valence-electron chi connectivity index (χ2n) is 7.85. The molecule has 0 aliphatic carbocycles. The zero-order valence-corrected chi connectivity index (χ0v) is 17.3. The van der Waals surface area contributed by atoms with Crippen LogP contribution in [0.1, 0.15) is 50.0 Å². The molecule has 3 rings (SSSR count). The van der Waals surface area contributed by atoms with Crippen LogP contribution in [0.25, 0.3) is 0 Å². The molecule has 0 atom stereocenters. The van der Waals surface area contributed by atoms with Crippen LogP contribution in [0, 0.1) is 5.92 Å². The Kier molecular flexibility index (Phi) is 6.90. The maximum Gasteiger partial charge on any atom is 0.272 e. The summed E-state index contributed by atoms with van der Waals surface area (Å²) in [6, 6.07) is 12.3. The number of carbonyl (C=O) groups is 1. The summed E-state index contributed by atoms with van der Waals surface area (Å²) in [5.41, 5.74) is 3.64. The van der Waals surface area contributed by atoms with Crippen molar-refractivity contribution in [3.05, 3.63) is 48.3 Å². The number of hydrogen-bond donors (Lipinski definition) is 1. The van der Waals surface area contributed by atoms with Crippen molar-refractivity contribution in [2.24, 2.45) is 5.92 Å². The van der Waals surface area contributed by atoms with Gasteiger partial charge in [-0.2, -0.15) is 0 Å². The van der Waals surface area contributed by atoms with Crippen molar-refractivity contribution < 1.29 is 4.79 Å². The summed E-state index contributed by atoms with van der Waals surface area (Å²) in [6.45, 7) is 7.48. The largest absolute Gasteiger partial charge is 0.372 e. The number of carbonyl (C=O) groups excluding carboxylic acids is 1. The number of rotatable bonds is 7. The lowest BCUT2D eigenvalue weighted by Crippen LogP contribution is -2.32. The van der Waals surface area contributed by atoms with Gasteiger partial charge < -0.3 is 15.1 Å². The minimum Gasteiger partial charge on any atom is -0.372 e. The fraction of sp³-hybridized carbons (Fsp3) is 0.478. The average Bonchev–Trinajstić information content (AvgIpc) is 2.73. The Hall–Kier alpha value is -2.56. The van der Waals surface area contributed by atoms with Crippen LogP contribution in [0.2, 0.25) is 0 Å². The number of benzene rings is 1. The molecule has 2 aromatic rings. The molecule has 1 saturated heterocycles. The highest BCUT2D eigenvalue weighted by Crippen LogP contribution is 2.25. The Balaban J connectivity index is 1.63. The number of unbranched alkanes of at least 4 members (excludes halogenated alkanes) is 1. The molecular formula is C23H32N4O. The molecule has 1 aromatic carbocycles. The zero-order valence-electron chi connectivity index (χ0n) is 17.3. The number of pyridine rings is 1. The molecule has 1 fully saturated rings. The van der Waals surface area contributed by atoms with Gasteiger partial charge in [0.05, 0.1) is 0 Å². The van der Waals surface area contributed by atoms with Gasteiger partial charge in [-0.25, -0.2) is 0 Å². The molecule has 150 valence electrons. The van der Waals surface area contributed by atoms with Gasteiger partial charge in [0.25, 0.3) is 5.91 Å². The van der Waals surface area contributed by atoms with Crippen LogP contribution >= 0.6 is 0 Å². The highest BCUT2D eigenvalue weighted by molar-refractivity contribution is 5.93. The van der Waals surface area contributed by atoms with E-state index >= 15 is 0 Å². The SMILES string of the molecule is CCCCN(C)C(=O)c1cc(Nc2ccc(N3CCC(C)CC3)cc2)ccn1. The molecule has 1 N–H and O–H groups in total. The van der Waals surface area contributed by atoms with Gasteiger partial charge in [-0.1, -0.05) is 20.3 Å². The Bertz CT molecular complexity index is 766. The van der Waals surface area contributed by atoms with Gasteiger partial charge in [-0.3, -0.25) is 9.78 Å². The molecular weight excluding hydrogens is 348 g/mol. The van der Waals surface area contributed by atoms with E-state index in [9.17, 15) is 4.79 Å². The van der Waals surface area contributed by atoms with Crippen LogP contribution in [0.3, 0.4) is 0 Å². The van der Waals surface area contributed by atoms with Crippen LogP contribution in [0.4, 0.5) is 17.1 Å². The molecule has 28 heavy (non-hydrogen) atoms. The first-order chi connectivity index (χ1) is 13.6. The van der Waals surface area contributed by atoms with Gasteiger partial charge in [0, 0.05) is 49.9 Å². The van der Waals surface area contributed by atoms with E-state index < -0.39 is 0 Å². The number of piperidine rings is 1. The molecule has 1 aliphatic rings. The third kappa shape index (κ3) is 5.24. The van der Waals surface area contributed by atoms with Gasteiger partial charge in [-0.15, -0.1) is 0 Å². The second kappa shape index (κ2) is 9.58. The molecule has 0 spiro atoms. The van der Waals surface area contributed by atoms with Crippen molar-refractivity contribution in [1.82, 2.24) is 9.88 Å². The maximum atomic E-state index is 12.5. The summed E-state index contributed by atoms with van der Waals surface area (Å²) >= 11 is 0. The molecule has 0 saturated carbocycles. The Morgan fingerprint density at radius 3 is 2.57 bits per heavy atom. The van der Waals surface area contributed by atoms with E-state index in [2.05, 4.69) is 53.3 Å². The first-order valence-electron chi connectivity index (χ1n) is 10.4. The van der Waals surface area contributed by atoms with E-state index in [1.807, 2.05) is 19.2 Å². The molecule has 0 bridgehead atoms. The second-order valence-corrected chi connectivity index (χ2v) is 7.85. The number of aromatic nitrogens is 1. The Morgan fingerprint density at radius 1 is 1.18 bits per heavy atom. The van der Waals surface area contributed by atoms with E-state index in [-0.39, 0.29) is 5.91 Å². The van der Waals surface area contributed by atoms with Gasteiger partial charge in [0.1, 0.15) is 5.69 Å². The van der Waals surface area contributed by atoms with E-state index in [0.717, 1.165) is 49.8 Å². The van der Waals surface area contributed by atoms with Crippen molar-refractivity contribution in [2.45, 2.75) is 39.5 Å². The summed E-state index contributed by atoms with van der Waals surface area (Å²) in [5.74, 6) is 0.800. The molecule has 1 aromatic heterocycles. The van der Waals surface area contributed by atoms with Crippen molar-refractivity contribution in [1.29, 1.82) is 0 Å². The normalized spacial score (nSPS) is 14.8. The lowest BCUT2D eigenvalue weighted by molar-refractivity contribution is 0.0787. The summed E-state index contributed by atoms with van der Waals surface area (Å²) in [4.78, 5) is 21.0. The number of nitrogens with zero attached hydrogens (tertiary/aromatic N) is 3. The molecule has 0 radical (unpaired) electrons. The topological polar surface area (TPSA) is 48.5 Å². The van der Waals surface area contributed by atoms with Crippen LogP contribution < -0.4 is 10.2 Å². The fourth-order valence-corrected chi connectivity index (χ4v) is 3.51. The van der Waals surface area contributed by atoms with Gasteiger partial charge >= 0.3 is 0 Å². The molecule has 1 aliphatic heterocycles. The van der Waals surface area contributed by atoms with E-state index in [1.165, 1.54) is 18.5 Å². The summed E-state index contributed by atoms with van der Waals surface area (Å²) in [5, 5.41) is 3.39. The third-order valence-electron chi connectivity index (χ3n) is 5.48. The zero-order chi connectivity index (χ0) is 19.9. The Labute approximate surface area is 168 Å². The van der Waals surface area contributed by atoms with Crippen LogP contribution in [0.5, 0.6) is 0 Å². The predicted molar refractivity (Wildman–Crippen MR) is 116 cm³/mol. The van der Waals surface area contributed by atoms with Crippen LogP contribution in [-0.2, 0) is 0 Å². The van der Waals surface area contributed by atoms with E-state index in [0.29, 0.717) is 5.69 Å². The first kappa shape index (κ1) is 20.2. The number of anilines is 3. The number of amides is 1. The molecule has 1 amide bonds. The minimum atomic E-state index is -0.0354. The summed E-state index contributed by atoms with van der Waals surface area (Å²) in [7, 11) is 1.83. The fourth-order valence-electron chi connectivity index (χ4n) is 3.51. The van der Waals surface area contributed by atoms with Crippen molar-refractivity contribution in [3.63, 3.8) is 0 Å². The smallest absolute Gasteiger partial charge is 0.272 e. The maximum absolute atomic E-state index is 12.5. The average molecular weight is 381 g/mol. The Morgan fingerprint density at radius 2 is 1.89 bits per heavy atom. The van der Waals surface area contributed by atoms with Crippen LogP contribution in [0.15, 0.2) is 42.6 Å². The van der Waals surface area contributed by atoms with E-state index in [1.54, 1.807) is 11.1 Å².